The van der Waals surface area contributed by atoms with Crippen molar-refractivity contribution in [1.29, 1.82) is 0 Å². The maximum atomic E-state index is 11.2. The average molecular weight is 218 g/mol. The van der Waals surface area contributed by atoms with Crippen LogP contribution in [0.1, 0.15) is 22.8 Å². The summed E-state index contributed by atoms with van der Waals surface area (Å²) in [6, 6.07) is 4.65. The van der Waals surface area contributed by atoms with Crippen LogP contribution in [0, 0.1) is 0 Å². The number of carboxylic acid groups (broad SMARTS) is 1. The SMILES string of the molecule is CC1=Cc2ccc(C(=O)C(=O)O)cc2OC1. The van der Waals surface area contributed by atoms with Gasteiger partial charge in [-0.25, -0.2) is 4.79 Å². The number of benzene rings is 1. The molecule has 1 aromatic carbocycles. The molecule has 1 aliphatic rings. The second kappa shape index (κ2) is 3.81. The molecule has 0 spiro atoms. The van der Waals surface area contributed by atoms with Gasteiger partial charge in [0.05, 0.1) is 0 Å². The van der Waals surface area contributed by atoms with Crippen molar-refractivity contribution < 1.29 is 19.4 Å². The minimum Gasteiger partial charge on any atom is -0.489 e. The summed E-state index contributed by atoms with van der Waals surface area (Å²) in [6.45, 7) is 2.41. The zero-order chi connectivity index (χ0) is 11.7. The predicted molar refractivity (Wildman–Crippen MR) is 57.6 cm³/mol. The van der Waals surface area contributed by atoms with Gasteiger partial charge < -0.3 is 9.84 Å². The second-order valence-electron chi connectivity index (χ2n) is 3.67. The number of hydrogen-bond acceptors (Lipinski definition) is 3. The third kappa shape index (κ3) is 1.82. The van der Waals surface area contributed by atoms with Gasteiger partial charge in [0.2, 0.25) is 0 Å². The number of carbonyl (C=O) groups is 2. The number of aliphatic carboxylic acids is 1. The smallest absolute Gasteiger partial charge is 0.377 e. The fourth-order valence-corrected chi connectivity index (χ4v) is 1.54. The summed E-state index contributed by atoms with van der Waals surface area (Å²) in [4.78, 5) is 21.7. The first-order chi connectivity index (χ1) is 7.58. The van der Waals surface area contributed by atoms with Gasteiger partial charge in [0.1, 0.15) is 12.4 Å². The standard InChI is InChI=1S/C12H10O4/c1-7-4-8-2-3-9(11(13)12(14)15)5-10(8)16-6-7/h2-5H,6H2,1H3,(H,14,15). The molecule has 0 bridgehead atoms. The summed E-state index contributed by atoms with van der Waals surface area (Å²) in [7, 11) is 0. The van der Waals surface area contributed by atoms with E-state index >= 15 is 0 Å². The molecular formula is C12H10O4. The van der Waals surface area contributed by atoms with Crippen molar-refractivity contribution in [3.8, 4) is 5.75 Å². The Kier molecular flexibility index (Phi) is 2.48. The summed E-state index contributed by atoms with van der Waals surface area (Å²) in [6.07, 6.45) is 1.95. The molecular weight excluding hydrogens is 208 g/mol. The Morgan fingerprint density at radius 2 is 2.12 bits per heavy atom. The maximum Gasteiger partial charge on any atom is 0.377 e. The number of ether oxygens (including phenoxy) is 1. The van der Waals surface area contributed by atoms with E-state index in [2.05, 4.69) is 0 Å². The molecule has 4 heteroatoms. The summed E-state index contributed by atoms with van der Waals surface area (Å²) >= 11 is 0. The monoisotopic (exact) mass is 218 g/mol. The Hall–Kier alpha value is -2.10. The molecule has 1 N–H and O–H groups in total. The van der Waals surface area contributed by atoms with Crippen LogP contribution in [0.2, 0.25) is 0 Å². The van der Waals surface area contributed by atoms with Crippen LogP contribution < -0.4 is 4.74 Å². The average Bonchev–Trinajstić information content (AvgIpc) is 2.27. The van der Waals surface area contributed by atoms with E-state index in [1.165, 1.54) is 12.1 Å². The third-order valence-corrected chi connectivity index (χ3v) is 2.33. The molecule has 0 aliphatic carbocycles. The molecule has 1 aromatic rings. The molecule has 82 valence electrons. The minimum absolute atomic E-state index is 0.138. The lowest BCUT2D eigenvalue weighted by atomic mass is 10.0. The lowest BCUT2D eigenvalue weighted by Crippen LogP contribution is -2.13. The first kappa shape index (κ1) is 10.4. The number of ketones is 1. The molecule has 0 atom stereocenters. The topological polar surface area (TPSA) is 63.6 Å². The predicted octanol–water partition coefficient (Wildman–Crippen LogP) is 1.75. The van der Waals surface area contributed by atoms with Crippen LogP contribution >= 0.6 is 0 Å². The number of Topliss-reactive ketones (excluding diaryl/α,β-unsaturated/α-hetero) is 1. The van der Waals surface area contributed by atoms with E-state index in [1.807, 2.05) is 13.0 Å². The number of hydrogen-bond donors (Lipinski definition) is 1. The van der Waals surface area contributed by atoms with Gasteiger partial charge in [0.15, 0.2) is 0 Å². The zero-order valence-corrected chi connectivity index (χ0v) is 8.69. The molecule has 1 heterocycles. The molecule has 16 heavy (non-hydrogen) atoms. The molecule has 0 saturated heterocycles. The number of fused-ring (bicyclic) bond motifs is 1. The molecule has 0 amide bonds. The van der Waals surface area contributed by atoms with E-state index in [4.69, 9.17) is 9.84 Å². The van der Waals surface area contributed by atoms with Crippen LogP contribution in [0.25, 0.3) is 6.08 Å². The highest BCUT2D eigenvalue weighted by Crippen LogP contribution is 2.27. The van der Waals surface area contributed by atoms with E-state index < -0.39 is 11.8 Å². The van der Waals surface area contributed by atoms with Crippen molar-refractivity contribution >= 4 is 17.8 Å². The fourth-order valence-electron chi connectivity index (χ4n) is 1.54. The maximum absolute atomic E-state index is 11.2. The Bertz CT molecular complexity index is 500. The van der Waals surface area contributed by atoms with E-state index in [9.17, 15) is 9.59 Å². The number of rotatable bonds is 2. The fraction of sp³-hybridized carbons (Fsp3) is 0.167. The molecule has 2 rings (SSSR count). The van der Waals surface area contributed by atoms with Gasteiger partial charge in [0, 0.05) is 11.1 Å². The lowest BCUT2D eigenvalue weighted by Gasteiger charge is -2.16. The highest BCUT2D eigenvalue weighted by Gasteiger charge is 2.17. The first-order valence-electron chi connectivity index (χ1n) is 4.79. The molecule has 0 aromatic heterocycles. The van der Waals surface area contributed by atoms with Gasteiger partial charge >= 0.3 is 5.97 Å². The van der Waals surface area contributed by atoms with Gasteiger partial charge in [-0.2, -0.15) is 0 Å². The van der Waals surface area contributed by atoms with Crippen molar-refractivity contribution in [2.45, 2.75) is 6.92 Å². The van der Waals surface area contributed by atoms with Crippen molar-refractivity contribution in [1.82, 2.24) is 0 Å². The van der Waals surface area contributed by atoms with Crippen LogP contribution in [-0.4, -0.2) is 23.5 Å². The van der Waals surface area contributed by atoms with E-state index in [0.717, 1.165) is 11.1 Å². The van der Waals surface area contributed by atoms with Crippen molar-refractivity contribution in [2.24, 2.45) is 0 Å². The Labute approximate surface area is 92.2 Å². The Morgan fingerprint density at radius 3 is 2.81 bits per heavy atom. The van der Waals surface area contributed by atoms with Gasteiger partial charge in [-0.05, 0) is 30.7 Å². The van der Waals surface area contributed by atoms with E-state index in [-0.39, 0.29) is 5.56 Å². The van der Waals surface area contributed by atoms with E-state index in [1.54, 1.807) is 6.07 Å². The molecule has 0 fully saturated rings. The molecule has 0 unspecified atom stereocenters. The molecule has 4 nitrogen and oxygen atoms in total. The largest absolute Gasteiger partial charge is 0.489 e. The van der Waals surface area contributed by atoms with Crippen LogP contribution in [0.3, 0.4) is 0 Å². The van der Waals surface area contributed by atoms with Crippen molar-refractivity contribution in [3.63, 3.8) is 0 Å². The quantitative estimate of drug-likeness (QED) is 0.606. The second-order valence-corrected chi connectivity index (χ2v) is 3.67. The van der Waals surface area contributed by atoms with Gasteiger partial charge in [-0.1, -0.05) is 6.07 Å². The summed E-state index contributed by atoms with van der Waals surface area (Å²) in [5.41, 5.74) is 2.09. The summed E-state index contributed by atoms with van der Waals surface area (Å²) in [5.74, 6) is -1.82. The molecule has 1 aliphatic heterocycles. The normalized spacial score (nSPS) is 13.4. The van der Waals surface area contributed by atoms with Crippen molar-refractivity contribution in [3.05, 3.63) is 34.9 Å². The first-order valence-corrected chi connectivity index (χ1v) is 4.79. The molecule has 0 radical (unpaired) electrons. The number of carboxylic acids is 1. The van der Waals surface area contributed by atoms with E-state index in [0.29, 0.717) is 12.4 Å². The Balaban J connectivity index is 2.41. The van der Waals surface area contributed by atoms with Crippen LogP contribution in [-0.2, 0) is 4.79 Å². The van der Waals surface area contributed by atoms with Gasteiger partial charge in [0.25, 0.3) is 5.78 Å². The van der Waals surface area contributed by atoms with Gasteiger partial charge in [-0.3, -0.25) is 4.79 Å². The highest BCUT2D eigenvalue weighted by atomic mass is 16.5. The minimum atomic E-state index is -1.46. The summed E-state index contributed by atoms with van der Waals surface area (Å²) in [5, 5.41) is 8.58. The third-order valence-electron chi connectivity index (χ3n) is 2.33. The number of carbonyl (C=O) groups excluding carboxylic acids is 1. The van der Waals surface area contributed by atoms with Crippen molar-refractivity contribution in [2.75, 3.05) is 6.61 Å². The van der Waals surface area contributed by atoms with Crippen LogP contribution in [0.5, 0.6) is 5.75 Å². The zero-order valence-electron chi connectivity index (χ0n) is 8.69. The highest BCUT2D eigenvalue weighted by molar-refractivity contribution is 6.39. The van der Waals surface area contributed by atoms with Gasteiger partial charge in [-0.15, -0.1) is 0 Å². The van der Waals surface area contributed by atoms with Crippen LogP contribution in [0.15, 0.2) is 23.8 Å². The van der Waals surface area contributed by atoms with Crippen LogP contribution in [0.4, 0.5) is 0 Å². The molecule has 0 saturated carbocycles. The Morgan fingerprint density at radius 1 is 1.38 bits per heavy atom. The lowest BCUT2D eigenvalue weighted by molar-refractivity contribution is -0.131. The summed E-state index contributed by atoms with van der Waals surface area (Å²) < 4.78 is 5.39.